The summed E-state index contributed by atoms with van der Waals surface area (Å²) in [7, 11) is 2.10. The molecule has 168 valence electrons. The van der Waals surface area contributed by atoms with E-state index in [4.69, 9.17) is 14.7 Å². The van der Waals surface area contributed by atoms with E-state index in [1.54, 1.807) is 0 Å². The van der Waals surface area contributed by atoms with Crippen LogP contribution in [0.3, 0.4) is 0 Å². The molecule has 1 amide bonds. The van der Waals surface area contributed by atoms with Crippen molar-refractivity contribution in [1.82, 2.24) is 25.1 Å². The fraction of sp³-hybridized carbons (Fsp3) is 0.609. The van der Waals surface area contributed by atoms with Crippen LogP contribution in [0.5, 0.6) is 0 Å². The maximum absolute atomic E-state index is 13.2. The van der Waals surface area contributed by atoms with Gasteiger partial charge in [-0.05, 0) is 44.1 Å². The maximum Gasteiger partial charge on any atom is 0.254 e. The van der Waals surface area contributed by atoms with Crippen LogP contribution in [0.1, 0.15) is 42.2 Å². The molecule has 0 aliphatic carbocycles. The fourth-order valence-electron chi connectivity index (χ4n) is 4.61. The molecule has 3 saturated heterocycles. The van der Waals surface area contributed by atoms with Crippen molar-refractivity contribution in [2.45, 2.75) is 26.3 Å². The van der Waals surface area contributed by atoms with Crippen molar-refractivity contribution >= 4 is 22.8 Å². The van der Waals surface area contributed by atoms with Crippen molar-refractivity contribution in [2.75, 3.05) is 71.0 Å². The zero-order chi connectivity index (χ0) is 20.5. The first-order chi connectivity index (χ1) is 14.7. The minimum atomic E-state index is 0. The van der Waals surface area contributed by atoms with E-state index >= 15 is 0 Å². The number of rotatable bonds is 3. The zero-order valence-corrected chi connectivity index (χ0v) is 17.6. The van der Waals surface area contributed by atoms with Gasteiger partial charge < -0.3 is 24.8 Å². The molecule has 1 atom stereocenters. The summed E-state index contributed by atoms with van der Waals surface area (Å²) in [5, 5.41) is 3.58. The highest BCUT2D eigenvalue weighted by atomic mass is 16.5. The topological polar surface area (TPSA) is 73.8 Å². The van der Waals surface area contributed by atoms with Gasteiger partial charge in [0.1, 0.15) is 5.82 Å². The van der Waals surface area contributed by atoms with Gasteiger partial charge >= 0.3 is 0 Å². The lowest BCUT2D eigenvalue weighted by Crippen LogP contribution is -2.47. The Hall–Kier alpha value is -2.29. The Morgan fingerprint density at radius 1 is 1.13 bits per heavy atom. The summed E-state index contributed by atoms with van der Waals surface area (Å²) in [6.45, 7) is 7.47. The fourth-order valence-corrected chi connectivity index (χ4v) is 4.61. The van der Waals surface area contributed by atoms with Gasteiger partial charge in [0, 0.05) is 50.9 Å². The number of morpholine rings is 1. The normalized spacial score (nSPS) is 22.5. The molecule has 1 N–H and O–H groups in total. The van der Waals surface area contributed by atoms with Gasteiger partial charge in [-0.25, -0.2) is 4.98 Å². The summed E-state index contributed by atoms with van der Waals surface area (Å²) >= 11 is 0. The summed E-state index contributed by atoms with van der Waals surface area (Å²) < 4.78 is 5.48. The molecular weight excluding hydrogens is 392 g/mol. The molecule has 1 aromatic heterocycles. The largest absolute Gasteiger partial charge is 0.378 e. The molecular formula is C23H34N6O2. The maximum atomic E-state index is 13.2. The summed E-state index contributed by atoms with van der Waals surface area (Å²) in [6, 6.07) is 4.20. The van der Waals surface area contributed by atoms with Crippen LogP contribution in [-0.4, -0.2) is 91.7 Å². The van der Waals surface area contributed by atoms with E-state index < -0.39 is 0 Å². The summed E-state index contributed by atoms with van der Waals surface area (Å²) in [5.41, 5.74) is 3.54. The van der Waals surface area contributed by atoms with E-state index in [1.807, 2.05) is 17.2 Å². The first-order valence-corrected chi connectivity index (χ1v) is 11.0. The van der Waals surface area contributed by atoms with Gasteiger partial charge in [-0.15, -0.1) is 0 Å². The number of amides is 1. The standard InChI is InChI=1S/C22H30N6O2.CH4/c1-26-5-7-28(8-6-26)22(29)16-13-17(18-3-2-4-23-18)21-19(14-16)24-15-20(25-21)27-9-11-30-12-10-27;/h13-15,18,23H,2-12H2,1H3;1H4. The van der Waals surface area contributed by atoms with Crippen LogP contribution in [0.2, 0.25) is 0 Å². The number of likely N-dealkylation sites (N-methyl/N-ethyl adjacent to an activating group) is 1. The summed E-state index contributed by atoms with van der Waals surface area (Å²) in [5.74, 6) is 0.992. The van der Waals surface area contributed by atoms with Crippen LogP contribution in [-0.2, 0) is 4.74 Å². The third-order valence-electron chi connectivity index (χ3n) is 6.47. The number of hydrogen-bond donors (Lipinski definition) is 1. The third-order valence-corrected chi connectivity index (χ3v) is 6.47. The quantitative estimate of drug-likeness (QED) is 0.804. The molecule has 3 fully saturated rings. The van der Waals surface area contributed by atoms with Gasteiger partial charge in [0.15, 0.2) is 0 Å². The molecule has 8 heteroatoms. The number of nitrogens with zero attached hydrogens (tertiary/aromatic N) is 5. The molecule has 5 rings (SSSR count). The van der Waals surface area contributed by atoms with Crippen molar-refractivity contribution < 1.29 is 9.53 Å². The SMILES string of the molecule is C.CN1CCN(C(=O)c2cc(C3CCCN3)c3nc(N4CCOCC4)cnc3c2)CC1. The summed E-state index contributed by atoms with van der Waals surface area (Å²) in [4.78, 5) is 29.4. The van der Waals surface area contributed by atoms with Crippen molar-refractivity contribution in [3.63, 3.8) is 0 Å². The van der Waals surface area contributed by atoms with Gasteiger partial charge in [-0.2, -0.15) is 0 Å². The second-order valence-corrected chi connectivity index (χ2v) is 8.51. The van der Waals surface area contributed by atoms with E-state index in [0.29, 0.717) is 0 Å². The lowest BCUT2D eigenvalue weighted by molar-refractivity contribution is 0.0664. The van der Waals surface area contributed by atoms with Crippen LogP contribution in [0.15, 0.2) is 18.3 Å². The van der Waals surface area contributed by atoms with Gasteiger partial charge in [-0.3, -0.25) is 9.78 Å². The lowest BCUT2D eigenvalue weighted by Gasteiger charge is -2.32. The first kappa shape index (κ1) is 21.9. The molecule has 1 unspecified atom stereocenters. The monoisotopic (exact) mass is 426 g/mol. The predicted octanol–water partition coefficient (Wildman–Crippen LogP) is 1.91. The van der Waals surface area contributed by atoms with E-state index in [0.717, 1.165) is 99.8 Å². The van der Waals surface area contributed by atoms with Crippen LogP contribution >= 0.6 is 0 Å². The molecule has 0 saturated carbocycles. The van der Waals surface area contributed by atoms with Gasteiger partial charge in [0.05, 0.1) is 30.4 Å². The highest BCUT2D eigenvalue weighted by Gasteiger charge is 2.26. The van der Waals surface area contributed by atoms with E-state index in [1.165, 1.54) is 0 Å². The van der Waals surface area contributed by atoms with E-state index in [9.17, 15) is 4.79 Å². The Morgan fingerprint density at radius 3 is 2.61 bits per heavy atom. The molecule has 31 heavy (non-hydrogen) atoms. The Labute approximate surface area is 184 Å². The number of fused-ring (bicyclic) bond motifs is 1. The number of aromatic nitrogens is 2. The lowest BCUT2D eigenvalue weighted by atomic mass is 9.99. The van der Waals surface area contributed by atoms with Crippen LogP contribution < -0.4 is 10.2 Å². The smallest absolute Gasteiger partial charge is 0.254 e. The molecule has 8 nitrogen and oxygen atoms in total. The molecule has 0 spiro atoms. The second kappa shape index (κ2) is 9.46. The van der Waals surface area contributed by atoms with Crippen molar-refractivity contribution in [3.05, 3.63) is 29.5 Å². The first-order valence-electron chi connectivity index (χ1n) is 11.0. The molecule has 4 heterocycles. The zero-order valence-electron chi connectivity index (χ0n) is 17.6. The predicted molar refractivity (Wildman–Crippen MR) is 123 cm³/mol. The molecule has 0 radical (unpaired) electrons. The minimum Gasteiger partial charge on any atom is -0.378 e. The van der Waals surface area contributed by atoms with Crippen molar-refractivity contribution in [2.24, 2.45) is 0 Å². The number of piperazine rings is 1. The molecule has 3 aliphatic heterocycles. The number of nitrogens with one attached hydrogen (secondary N) is 1. The Kier molecular flexibility index (Phi) is 6.69. The molecule has 2 aromatic rings. The van der Waals surface area contributed by atoms with Gasteiger partial charge in [-0.1, -0.05) is 7.43 Å². The second-order valence-electron chi connectivity index (χ2n) is 8.51. The van der Waals surface area contributed by atoms with E-state index in [-0.39, 0.29) is 19.4 Å². The minimum absolute atomic E-state index is 0. The highest BCUT2D eigenvalue weighted by Crippen LogP contribution is 2.31. The Balaban J connectivity index is 0.00000231. The van der Waals surface area contributed by atoms with E-state index in [2.05, 4.69) is 28.2 Å². The highest BCUT2D eigenvalue weighted by molar-refractivity contribution is 5.98. The molecule has 0 bridgehead atoms. The molecule has 1 aromatic carbocycles. The number of anilines is 1. The Morgan fingerprint density at radius 2 is 1.90 bits per heavy atom. The number of carbonyl (C=O) groups is 1. The number of carbonyl (C=O) groups excluding carboxylic acids is 1. The Bertz CT molecular complexity index is 916. The van der Waals surface area contributed by atoms with Crippen LogP contribution in [0.25, 0.3) is 11.0 Å². The number of hydrogen-bond acceptors (Lipinski definition) is 7. The average Bonchev–Trinajstić information content (AvgIpc) is 3.33. The summed E-state index contributed by atoms with van der Waals surface area (Å²) in [6.07, 6.45) is 4.04. The van der Waals surface area contributed by atoms with Gasteiger partial charge in [0.2, 0.25) is 0 Å². The van der Waals surface area contributed by atoms with Crippen LogP contribution in [0.4, 0.5) is 5.82 Å². The van der Waals surface area contributed by atoms with Crippen LogP contribution in [0, 0.1) is 0 Å². The molecule has 3 aliphatic rings. The average molecular weight is 427 g/mol. The number of benzene rings is 1. The van der Waals surface area contributed by atoms with Crippen molar-refractivity contribution in [3.8, 4) is 0 Å². The van der Waals surface area contributed by atoms with Gasteiger partial charge in [0.25, 0.3) is 5.91 Å². The number of ether oxygens (including phenoxy) is 1. The third kappa shape index (κ3) is 4.51. The van der Waals surface area contributed by atoms with Crippen molar-refractivity contribution in [1.29, 1.82) is 0 Å².